The van der Waals surface area contributed by atoms with Crippen LogP contribution < -0.4 is 0 Å². The number of benzene rings is 4. The van der Waals surface area contributed by atoms with Gasteiger partial charge >= 0.3 is 5.97 Å². The van der Waals surface area contributed by atoms with E-state index in [4.69, 9.17) is 4.74 Å². The van der Waals surface area contributed by atoms with Crippen molar-refractivity contribution in [2.24, 2.45) is 4.99 Å². The Morgan fingerprint density at radius 2 is 1.48 bits per heavy atom. The molecule has 0 saturated heterocycles. The van der Waals surface area contributed by atoms with Crippen molar-refractivity contribution in [2.75, 3.05) is 0 Å². The molecule has 1 aliphatic rings. The Morgan fingerprint density at radius 1 is 0.741 bits per heavy atom. The van der Waals surface area contributed by atoms with Crippen molar-refractivity contribution in [1.29, 1.82) is 0 Å². The van der Waals surface area contributed by atoms with E-state index in [0.717, 1.165) is 32.7 Å². The summed E-state index contributed by atoms with van der Waals surface area (Å²) < 4.78 is 5.44. The Hall–Kier alpha value is -3.72. The number of aliphatic imine (C=N–C) groups is 1. The van der Waals surface area contributed by atoms with Crippen LogP contribution in [0.15, 0.2) is 95.6 Å². The molecule has 0 aromatic heterocycles. The van der Waals surface area contributed by atoms with Crippen LogP contribution in [0, 0.1) is 0 Å². The van der Waals surface area contributed by atoms with E-state index >= 15 is 0 Å². The summed E-state index contributed by atoms with van der Waals surface area (Å²) in [5.74, 6) is -0.0802. The maximum Gasteiger partial charge on any atom is 0.363 e. The van der Waals surface area contributed by atoms with E-state index in [2.05, 4.69) is 4.99 Å². The molecule has 0 N–H and O–H groups in total. The Labute approximate surface area is 156 Å². The average Bonchev–Trinajstić information content (AvgIpc) is 3.08. The highest BCUT2D eigenvalue weighted by Crippen LogP contribution is 2.25. The lowest BCUT2D eigenvalue weighted by atomic mass is 10.0. The minimum atomic E-state index is -0.425. The highest BCUT2D eigenvalue weighted by molar-refractivity contribution is 6.14. The molecule has 0 bridgehead atoms. The van der Waals surface area contributed by atoms with E-state index in [-0.39, 0.29) is 0 Å². The van der Waals surface area contributed by atoms with Crippen molar-refractivity contribution >= 4 is 39.5 Å². The number of hydrogen-bond donors (Lipinski definition) is 0. The Bertz CT molecular complexity index is 1260. The van der Waals surface area contributed by atoms with Crippen LogP contribution in [-0.4, -0.2) is 11.9 Å². The zero-order chi connectivity index (χ0) is 18.2. The standard InChI is InChI=1S/C24H15NO2/c26-24-22(15-19-10-5-9-17-7-3-4-11-21(17)19)25-23(27-24)20-13-12-16-6-1-2-8-18(16)14-20/h1-15H/b22-15-. The topological polar surface area (TPSA) is 38.7 Å². The first-order valence-electron chi connectivity index (χ1n) is 8.77. The van der Waals surface area contributed by atoms with Gasteiger partial charge in [0.2, 0.25) is 5.90 Å². The molecule has 0 aliphatic carbocycles. The van der Waals surface area contributed by atoms with Gasteiger partial charge in [0, 0.05) is 5.56 Å². The van der Waals surface area contributed by atoms with Gasteiger partial charge in [-0.2, -0.15) is 0 Å². The van der Waals surface area contributed by atoms with Crippen LogP contribution in [0.5, 0.6) is 0 Å². The van der Waals surface area contributed by atoms with Gasteiger partial charge in [0.25, 0.3) is 0 Å². The third kappa shape index (κ3) is 2.79. The lowest BCUT2D eigenvalue weighted by Gasteiger charge is -2.02. The summed E-state index contributed by atoms with van der Waals surface area (Å²) in [6.07, 6.45) is 1.79. The number of cyclic esters (lactones) is 1. The summed E-state index contributed by atoms with van der Waals surface area (Å²) >= 11 is 0. The fourth-order valence-electron chi connectivity index (χ4n) is 3.38. The molecule has 0 radical (unpaired) electrons. The molecule has 0 spiro atoms. The molecule has 0 atom stereocenters. The number of fused-ring (bicyclic) bond motifs is 2. The molecular formula is C24H15NO2. The number of ether oxygens (including phenoxy) is 1. The smallest absolute Gasteiger partial charge is 0.363 e. The fourth-order valence-corrected chi connectivity index (χ4v) is 3.38. The molecular weight excluding hydrogens is 334 g/mol. The second-order valence-corrected chi connectivity index (χ2v) is 6.47. The Balaban J connectivity index is 1.58. The van der Waals surface area contributed by atoms with E-state index in [1.165, 1.54) is 0 Å². The van der Waals surface area contributed by atoms with Crippen molar-refractivity contribution in [3.05, 3.63) is 102 Å². The highest BCUT2D eigenvalue weighted by Gasteiger charge is 2.24. The maximum atomic E-state index is 12.4. The lowest BCUT2D eigenvalue weighted by Crippen LogP contribution is -2.05. The van der Waals surface area contributed by atoms with Gasteiger partial charge in [-0.1, -0.05) is 72.8 Å². The van der Waals surface area contributed by atoms with Gasteiger partial charge in [-0.15, -0.1) is 0 Å². The van der Waals surface area contributed by atoms with Gasteiger partial charge in [0.05, 0.1) is 0 Å². The summed E-state index contributed by atoms with van der Waals surface area (Å²) in [6.45, 7) is 0. The number of hydrogen-bond acceptors (Lipinski definition) is 3. The average molecular weight is 349 g/mol. The van der Waals surface area contributed by atoms with Crippen LogP contribution in [-0.2, 0) is 9.53 Å². The van der Waals surface area contributed by atoms with Crippen LogP contribution in [0.4, 0.5) is 0 Å². The molecule has 5 rings (SSSR count). The zero-order valence-corrected chi connectivity index (χ0v) is 14.4. The second kappa shape index (κ2) is 6.22. The van der Waals surface area contributed by atoms with Crippen LogP contribution in [0.2, 0.25) is 0 Å². The molecule has 0 saturated carbocycles. The van der Waals surface area contributed by atoms with Crippen LogP contribution >= 0.6 is 0 Å². The van der Waals surface area contributed by atoms with Crippen molar-refractivity contribution in [3.8, 4) is 0 Å². The maximum absolute atomic E-state index is 12.4. The summed E-state index contributed by atoms with van der Waals surface area (Å²) in [5, 5.41) is 4.42. The van der Waals surface area contributed by atoms with Crippen LogP contribution in [0.25, 0.3) is 27.6 Å². The van der Waals surface area contributed by atoms with Gasteiger partial charge in [-0.05, 0) is 45.3 Å². The second-order valence-electron chi connectivity index (χ2n) is 6.47. The van der Waals surface area contributed by atoms with Gasteiger partial charge in [-0.3, -0.25) is 0 Å². The zero-order valence-electron chi connectivity index (χ0n) is 14.4. The first kappa shape index (κ1) is 15.5. The van der Waals surface area contributed by atoms with Gasteiger partial charge < -0.3 is 4.74 Å². The van der Waals surface area contributed by atoms with Gasteiger partial charge in [0.1, 0.15) is 0 Å². The van der Waals surface area contributed by atoms with Gasteiger partial charge in [0.15, 0.2) is 5.70 Å². The summed E-state index contributed by atoms with van der Waals surface area (Å²) in [4.78, 5) is 16.8. The molecule has 0 fully saturated rings. The third-order valence-electron chi connectivity index (χ3n) is 4.73. The molecule has 0 unspecified atom stereocenters. The van der Waals surface area contributed by atoms with Crippen LogP contribution in [0.3, 0.4) is 0 Å². The van der Waals surface area contributed by atoms with Crippen molar-refractivity contribution in [1.82, 2.24) is 0 Å². The molecule has 128 valence electrons. The quantitative estimate of drug-likeness (QED) is 0.362. The minimum Gasteiger partial charge on any atom is -0.402 e. The van der Waals surface area contributed by atoms with Crippen molar-refractivity contribution in [3.63, 3.8) is 0 Å². The van der Waals surface area contributed by atoms with E-state index in [1.54, 1.807) is 6.08 Å². The monoisotopic (exact) mass is 349 g/mol. The number of esters is 1. The summed E-state index contributed by atoms with van der Waals surface area (Å²) in [7, 11) is 0. The highest BCUT2D eigenvalue weighted by atomic mass is 16.6. The third-order valence-corrected chi connectivity index (χ3v) is 4.73. The first-order chi connectivity index (χ1) is 13.3. The summed E-state index contributed by atoms with van der Waals surface area (Å²) in [6, 6.07) is 28.1. The Kier molecular flexibility index (Phi) is 3.58. The Morgan fingerprint density at radius 3 is 2.37 bits per heavy atom. The predicted octanol–water partition coefficient (Wildman–Crippen LogP) is 5.34. The minimum absolute atomic E-state index is 0.314. The lowest BCUT2D eigenvalue weighted by molar-refractivity contribution is -0.129. The predicted molar refractivity (Wildman–Crippen MR) is 109 cm³/mol. The number of carbonyl (C=O) groups is 1. The number of carbonyl (C=O) groups excluding carboxylic acids is 1. The van der Waals surface area contributed by atoms with E-state index in [9.17, 15) is 4.79 Å². The van der Waals surface area contributed by atoms with Crippen LogP contribution in [0.1, 0.15) is 11.1 Å². The SMILES string of the molecule is O=C1OC(c2ccc3ccccc3c2)=N/C1=C\c1cccc2ccccc12. The van der Waals surface area contributed by atoms with E-state index < -0.39 is 5.97 Å². The fraction of sp³-hybridized carbons (Fsp3) is 0. The molecule has 4 aromatic rings. The molecule has 4 aromatic carbocycles. The van der Waals surface area contributed by atoms with Gasteiger partial charge in [-0.25, -0.2) is 9.79 Å². The normalized spacial score (nSPS) is 15.3. The molecule has 1 aliphatic heterocycles. The molecule has 27 heavy (non-hydrogen) atoms. The largest absolute Gasteiger partial charge is 0.402 e. The molecule has 1 heterocycles. The molecule has 3 nitrogen and oxygen atoms in total. The van der Waals surface area contributed by atoms with Crippen molar-refractivity contribution in [2.45, 2.75) is 0 Å². The summed E-state index contributed by atoms with van der Waals surface area (Å²) in [5.41, 5.74) is 2.06. The number of rotatable bonds is 2. The number of nitrogens with zero attached hydrogens (tertiary/aromatic N) is 1. The van der Waals surface area contributed by atoms with E-state index in [1.807, 2.05) is 84.9 Å². The van der Waals surface area contributed by atoms with E-state index in [0.29, 0.717) is 11.6 Å². The van der Waals surface area contributed by atoms with Crippen molar-refractivity contribution < 1.29 is 9.53 Å². The first-order valence-corrected chi connectivity index (χ1v) is 8.77. The molecule has 0 amide bonds. The molecule has 3 heteroatoms.